The van der Waals surface area contributed by atoms with E-state index in [1.807, 2.05) is 48.5 Å². The van der Waals surface area contributed by atoms with Crippen molar-refractivity contribution in [3.8, 4) is 22.1 Å². The number of phenolic OH excluding ortho intramolecular Hbond substituents is 2. The Morgan fingerprint density at radius 2 is 1.85 bits per heavy atom. The highest BCUT2D eigenvalue weighted by Gasteiger charge is 2.10. The van der Waals surface area contributed by atoms with E-state index in [9.17, 15) is 10.2 Å². The van der Waals surface area contributed by atoms with Crippen LogP contribution in [0.2, 0.25) is 0 Å². The predicted octanol–water partition coefficient (Wildman–Crippen LogP) is 5.73. The first kappa shape index (κ1) is 17.0. The van der Waals surface area contributed by atoms with Crippen LogP contribution in [0.25, 0.3) is 20.8 Å². The molecule has 0 aliphatic carbocycles. The lowest BCUT2D eigenvalue weighted by atomic mass is 10.2. The van der Waals surface area contributed by atoms with Gasteiger partial charge < -0.3 is 10.2 Å². The summed E-state index contributed by atoms with van der Waals surface area (Å²) in [6, 6.07) is 18.6. The Bertz CT molecular complexity index is 1100. The molecule has 26 heavy (non-hydrogen) atoms. The summed E-state index contributed by atoms with van der Waals surface area (Å²) >= 11 is 3.61. The van der Waals surface area contributed by atoms with Gasteiger partial charge >= 0.3 is 0 Å². The first-order chi connectivity index (χ1) is 12.6. The normalized spacial score (nSPS) is 11.4. The first-order valence-electron chi connectivity index (χ1n) is 7.82. The number of nitrogens with zero attached hydrogens (tertiary/aromatic N) is 2. The fraction of sp³-hybridized carbons (Fsp3) is 0. The number of hydrogen-bond donors (Lipinski definition) is 2. The van der Waals surface area contributed by atoms with Gasteiger partial charge in [0.1, 0.15) is 16.5 Å². The van der Waals surface area contributed by atoms with Crippen LogP contribution in [0.4, 0.5) is 5.69 Å². The molecule has 3 aromatic carbocycles. The van der Waals surface area contributed by atoms with Gasteiger partial charge in [-0.2, -0.15) is 0 Å². The Morgan fingerprint density at radius 3 is 2.65 bits per heavy atom. The third-order valence-electron chi connectivity index (χ3n) is 3.88. The summed E-state index contributed by atoms with van der Waals surface area (Å²) in [5.74, 6) is 0.331. The van der Waals surface area contributed by atoms with Gasteiger partial charge in [0.25, 0.3) is 0 Å². The van der Waals surface area contributed by atoms with Crippen molar-refractivity contribution in [3.05, 3.63) is 69.8 Å². The average Bonchev–Trinajstić information content (AvgIpc) is 3.07. The molecule has 1 aromatic heterocycles. The Morgan fingerprint density at radius 1 is 1.00 bits per heavy atom. The Labute approximate surface area is 167 Å². The molecule has 2 N–H and O–H groups in total. The van der Waals surface area contributed by atoms with Crippen LogP contribution in [0.15, 0.2) is 65.7 Å². The van der Waals surface area contributed by atoms with E-state index >= 15 is 0 Å². The first-order valence-corrected chi connectivity index (χ1v) is 9.72. The molecule has 0 amide bonds. The minimum absolute atomic E-state index is 0.130. The predicted molar refractivity (Wildman–Crippen MR) is 115 cm³/mol. The lowest BCUT2D eigenvalue weighted by Gasteiger charge is -2.03. The number of rotatable bonds is 3. The Kier molecular flexibility index (Phi) is 4.60. The minimum atomic E-state index is 0.130. The fourth-order valence-electron chi connectivity index (χ4n) is 2.55. The van der Waals surface area contributed by atoms with Gasteiger partial charge in [-0.25, -0.2) is 4.98 Å². The molecule has 4 nitrogen and oxygen atoms in total. The zero-order valence-corrected chi connectivity index (χ0v) is 16.4. The number of aliphatic imine (C=N–C) groups is 1. The molecule has 6 heteroatoms. The second-order valence-electron chi connectivity index (χ2n) is 5.62. The van der Waals surface area contributed by atoms with Gasteiger partial charge in [0.2, 0.25) is 0 Å². The number of aromatic nitrogens is 1. The standard InChI is InChI=1S/C20H13IN2O2S/c21-15-5-3-4-12(19(15)25)11-22-13-8-9-14(17(24)10-13)20-23-16-6-1-2-7-18(16)26-20/h1-11,24-25H. The summed E-state index contributed by atoms with van der Waals surface area (Å²) < 4.78 is 1.85. The van der Waals surface area contributed by atoms with Crippen LogP contribution in [0.5, 0.6) is 11.5 Å². The zero-order chi connectivity index (χ0) is 18.1. The van der Waals surface area contributed by atoms with Gasteiger partial charge in [0, 0.05) is 17.8 Å². The topological polar surface area (TPSA) is 65.7 Å². The van der Waals surface area contributed by atoms with Crippen molar-refractivity contribution in [1.82, 2.24) is 4.98 Å². The van der Waals surface area contributed by atoms with Crippen LogP contribution in [0, 0.1) is 3.57 Å². The van der Waals surface area contributed by atoms with Crippen molar-refractivity contribution in [2.75, 3.05) is 0 Å². The van der Waals surface area contributed by atoms with E-state index in [-0.39, 0.29) is 11.5 Å². The van der Waals surface area contributed by atoms with E-state index < -0.39 is 0 Å². The Balaban J connectivity index is 1.65. The maximum Gasteiger partial charge on any atom is 0.137 e. The van der Waals surface area contributed by atoms with Crippen molar-refractivity contribution < 1.29 is 10.2 Å². The van der Waals surface area contributed by atoms with Crippen LogP contribution in [-0.4, -0.2) is 21.4 Å². The third-order valence-corrected chi connectivity index (χ3v) is 5.82. The molecule has 0 spiro atoms. The molecule has 0 saturated heterocycles. The van der Waals surface area contributed by atoms with Crippen LogP contribution in [-0.2, 0) is 0 Å². The summed E-state index contributed by atoms with van der Waals surface area (Å²) in [4.78, 5) is 8.93. The molecule has 0 atom stereocenters. The summed E-state index contributed by atoms with van der Waals surface area (Å²) in [5.41, 5.74) is 2.84. The average molecular weight is 472 g/mol. The number of hydrogen-bond acceptors (Lipinski definition) is 5. The summed E-state index contributed by atoms with van der Waals surface area (Å²) in [7, 11) is 0. The fourth-order valence-corrected chi connectivity index (χ4v) is 4.07. The van der Waals surface area contributed by atoms with Gasteiger partial charge in [-0.15, -0.1) is 11.3 Å². The van der Waals surface area contributed by atoms with E-state index in [2.05, 4.69) is 32.6 Å². The SMILES string of the molecule is Oc1cc(N=Cc2cccc(I)c2O)ccc1-c1nc2ccccc2s1. The second-order valence-corrected chi connectivity index (χ2v) is 7.82. The molecular formula is C20H13IN2O2S. The summed E-state index contributed by atoms with van der Waals surface area (Å²) in [5, 5.41) is 21.2. The van der Waals surface area contributed by atoms with E-state index in [1.165, 1.54) is 0 Å². The maximum atomic E-state index is 10.4. The number of phenols is 2. The van der Waals surface area contributed by atoms with E-state index in [0.717, 1.165) is 18.8 Å². The largest absolute Gasteiger partial charge is 0.507 e. The number of halogens is 1. The summed E-state index contributed by atoms with van der Waals surface area (Å²) in [6.07, 6.45) is 1.59. The smallest absolute Gasteiger partial charge is 0.137 e. The molecule has 0 unspecified atom stereocenters. The van der Waals surface area contributed by atoms with E-state index in [4.69, 9.17) is 0 Å². The van der Waals surface area contributed by atoms with Crippen LogP contribution in [0.1, 0.15) is 5.56 Å². The highest BCUT2D eigenvalue weighted by molar-refractivity contribution is 14.1. The minimum Gasteiger partial charge on any atom is -0.507 e. The van der Waals surface area contributed by atoms with Gasteiger partial charge in [-0.05, 0) is 59.0 Å². The lowest BCUT2D eigenvalue weighted by Crippen LogP contribution is -1.84. The van der Waals surface area contributed by atoms with Gasteiger partial charge in [0.05, 0.1) is 25.0 Å². The molecule has 4 aromatic rings. The quantitative estimate of drug-likeness (QED) is 0.296. The molecule has 0 saturated carbocycles. The number of fused-ring (bicyclic) bond motifs is 1. The molecule has 0 aliphatic rings. The van der Waals surface area contributed by atoms with Crippen molar-refractivity contribution in [1.29, 1.82) is 0 Å². The van der Waals surface area contributed by atoms with Gasteiger partial charge in [0.15, 0.2) is 0 Å². The summed E-state index contributed by atoms with van der Waals surface area (Å²) in [6.45, 7) is 0. The number of aromatic hydroxyl groups is 2. The molecule has 128 valence electrons. The highest BCUT2D eigenvalue weighted by Crippen LogP contribution is 2.37. The third kappa shape index (κ3) is 3.30. The highest BCUT2D eigenvalue weighted by atomic mass is 127. The van der Waals surface area contributed by atoms with Crippen LogP contribution >= 0.6 is 33.9 Å². The van der Waals surface area contributed by atoms with Crippen LogP contribution < -0.4 is 0 Å². The van der Waals surface area contributed by atoms with Gasteiger partial charge in [-0.3, -0.25) is 4.99 Å². The number of para-hydroxylation sites is 2. The van der Waals surface area contributed by atoms with Gasteiger partial charge in [-0.1, -0.05) is 18.2 Å². The molecular weight excluding hydrogens is 459 g/mol. The Hall–Kier alpha value is -2.45. The van der Waals surface area contributed by atoms with Crippen molar-refractivity contribution in [2.24, 2.45) is 4.99 Å². The van der Waals surface area contributed by atoms with E-state index in [0.29, 0.717) is 16.8 Å². The van der Waals surface area contributed by atoms with Crippen LogP contribution in [0.3, 0.4) is 0 Å². The monoisotopic (exact) mass is 472 g/mol. The molecule has 0 radical (unpaired) electrons. The number of thiazole rings is 1. The maximum absolute atomic E-state index is 10.4. The molecule has 1 heterocycles. The zero-order valence-electron chi connectivity index (χ0n) is 13.4. The second kappa shape index (κ2) is 7.05. The molecule has 0 bridgehead atoms. The lowest BCUT2D eigenvalue weighted by molar-refractivity contribution is 0.470. The van der Waals surface area contributed by atoms with Crippen molar-refractivity contribution in [2.45, 2.75) is 0 Å². The molecule has 4 rings (SSSR count). The molecule has 0 aliphatic heterocycles. The molecule has 0 fully saturated rings. The number of benzene rings is 3. The van der Waals surface area contributed by atoms with Crippen molar-refractivity contribution >= 4 is 56.0 Å². The van der Waals surface area contributed by atoms with E-state index in [1.54, 1.807) is 29.7 Å². The van der Waals surface area contributed by atoms with Crippen molar-refractivity contribution in [3.63, 3.8) is 0 Å².